The van der Waals surface area contributed by atoms with Crippen LogP contribution in [0.1, 0.15) is 65.6 Å². The first-order valence-corrected chi connectivity index (χ1v) is 13.9. The van der Waals surface area contributed by atoms with Crippen LogP contribution in [-0.4, -0.2) is 48.1 Å². The zero-order valence-electron chi connectivity index (χ0n) is 22.9. The van der Waals surface area contributed by atoms with Gasteiger partial charge in [0.1, 0.15) is 22.1 Å². The monoisotopic (exact) mass is 564 g/mol. The Labute approximate surface area is 237 Å². The molecule has 1 aliphatic rings. The van der Waals surface area contributed by atoms with Gasteiger partial charge in [0.15, 0.2) is 5.13 Å². The van der Waals surface area contributed by atoms with E-state index in [2.05, 4.69) is 11.9 Å². The standard InChI is InChI=1S/C30H32N2O7S/c1-5-7-17-39-22-14-10-20(11-15-22)25(33)23-24(19-8-12-21(13-9-19)38-16-6-2)32(28(35)26(23)34)30-31-18(3)27(40-30)29(36)37-4/h8-15,24,33H,5-7,16-17H2,1-4H3. The second-order valence-corrected chi connectivity index (χ2v) is 10.2. The first-order chi connectivity index (χ1) is 19.3. The van der Waals surface area contributed by atoms with Gasteiger partial charge >= 0.3 is 11.9 Å². The summed E-state index contributed by atoms with van der Waals surface area (Å²) in [6.45, 7) is 6.83. The van der Waals surface area contributed by atoms with Crippen molar-refractivity contribution in [1.82, 2.24) is 4.98 Å². The number of carbonyl (C=O) groups is 3. The molecular weight excluding hydrogens is 532 g/mol. The molecule has 4 rings (SSSR count). The van der Waals surface area contributed by atoms with Crippen LogP contribution in [-0.2, 0) is 14.3 Å². The predicted molar refractivity (Wildman–Crippen MR) is 152 cm³/mol. The number of nitrogens with zero attached hydrogens (tertiary/aromatic N) is 2. The number of ether oxygens (including phenoxy) is 3. The maximum absolute atomic E-state index is 13.4. The molecule has 2 heterocycles. The van der Waals surface area contributed by atoms with Crippen LogP contribution < -0.4 is 14.4 Å². The summed E-state index contributed by atoms with van der Waals surface area (Å²) in [5.41, 5.74) is 1.21. The highest BCUT2D eigenvalue weighted by molar-refractivity contribution is 7.17. The van der Waals surface area contributed by atoms with Gasteiger partial charge in [-0.15, -0.1) is 0 Å². The number of aliphatic hydroxyl groups excluding tert-OH is 1. The topological polar surface area (TPSA) is 115 Å². The zero-order valence-corrected chi connectivity index (χ0v) is 23.7. The van der Waals surface area contributed by atoms with E-state index in [4.69, 9.17) is 14.2 Å². The lowest BCUT2D eigenvalue weighted by Crippen LogP contribution is -2.29. The van der Waals surface area contributed by atoms with Crippen LogP contribution in [0.15, 0.2) is 54.1 Å². The third kappa shape index (κ3) is 5.86. The van der Waals surface area contributed by atoms with Crippen LogP contribution in [0.25, 0.3) is 5.76 Å². The van der Waals surface area contributed by atoms with E-state index in [1.807, 2.05) is 6.92 Å². The Bertz CT molecular complexity index is 1410. The van der Waals surface area contributed by atoms with Gasteiger partial charge in [-0.2, -0.15) is 0 Å². The van der Waals surface area contributed by atoms with Gasteiger partial charge in [0.05, 0.1) is 37.6 Å². The highest BCUT2D eigenvalue weighted by Crippen LogP contribution is 2.44. The number of esters is 1. The molecule has 1 amide bonds. The number of rotatable bonds is 11. The van der Waals surface area contributed by atoms with Crippen molar-refractivity contribution in [3.05, 3.63) is 75.8 Å². The number of unbranched alkanes of at least 4 members (excludes halogenated alkanes) is 1. The number of thiazole rings is 1. The Morgan fingerprint density at radius 2 is 1.60 bits per heavy atom. The summed E-state index contributed by atoms with van der Waals surface area (Å²) in [7, 11) is 1.26. The average molecular weight is 565 g/mol. The summed E-state index contributed by atoms with van der Waals surface area (Å²) >= 11 is 0.951. The third-order valence-corrected chi connectivity index (χ3v) is 7.51. The fourth-order valence-electron chi connectivity index (χ4n) is 4.28. The lowest BCUT2D eigenvalue weighted by atomic mass is 9.95. The molecule has 1 saturated heterocycles. The largest absolute Gasteiger partial charge is 0.507 e. The second kappa shape index (κ2) is 12.8. The van der Waals surface area contributed by atoms with E-state index in [0.717, 1.165) is 30.6 Å². The number of aliphatic hydroxyl groups is 1. The molecule has 1 N–H and O–H groups in total. The number of aryl methyl sites for hydroxylation is 1. The smallest absolute Gasteiger partial charge is 0.350 e. The molecule has 0 aliphatic carbocycles. The molecule has 1 aromatic heterocycles. The number of aromatic nitrogens is 1. The van der Waals surface area contributed by atoms with Crippen LogP contribution in [0.2, 0.25) is 0 Å². The number of hydrogen-bond acceptors (Lipinski definition) is 9. The van der Waals surface area contributed by atoms with Crippen molar-refractivity contribution < 1.29 is 33.7 Å². The van der Waals surface area contributed by atoms with E-state index in [-0.39, 0.29) is 21.3 Å². The van der Waals surface area contributed by atoms with Crippen LogP contribution in [0.4, 0.5) is 5.13 Å². The van der Waals surface area contributed by atoms with E-state index in [1.165, 1.54) is 12.0 Å². The normalized spacial score (nSPS) is 16.3. The molecule has 9 nitrogen and oxygen atoms in total. The summed E-state index contributed by atoms with van der Waals surface area (Å²) < 4.78 is 16.2. The Morgan fingerprint density at radius 1 is 0.975 bits per heavy atom. The number of amides is 1. The van der Waals surface area contributed by atoms with E-state index < -0.39 is 23.7 Å². The SMILES string of the molecule is CCCCOc1ccc(C(O)=C2C(=O)C(=O)N(c3nc(C)c(C(=O)OC)s3)C2c2ccc(OCCC)cc2)cc1. The molecule has 1 fully saturated rings. The van der Waals surface area contributed by atoms with E-state index in [9.17, 15) is 19.5 Å². The number of anilines is 1. The summed E-state index contributed by atoms with van der Waals surface area (Å²) in [5, 5.41) is 11.5. The number of hydrogen-bond donors (Lipinski definition) is 1. The van der Waals surface area contributed by atoms with Crippen molar-refractivity contribution in [2.45, 2.75) is 46.1 Å². The fourth-order valence-corrected chi connectivity index (χ4v) is 5.29. The lowest BCUT2D eigenvalue weighted by molar-refractivity contribution is -0.132. The molecular formula is C30H32N2O7S. The van der Waals surface area contributed by atoms with Gasteiger partial charge in [-0.1, -0.05) is 43.7 Å². The fraction of sp³-hybridized carbons (Fsp3) is 0.333. The summed E-state index contributed by atoms with van der Waals surface area (Å²) in [6, 6.07) is 12.7. The second-order valence-electron chi connectivity index (χ2n) is 9.22. The molecule has 0 saturated carbocycles. The zero-order chi connectivity index (χ0) is 28.8. The quantitative estimate of drug-likeness (QED) is 0.102. The van der Waals surface area contributed by atoms with Gasteiger partial charge in [0.2, 0.25) is 0 Å². The van der Waals surface area contributed by atoms with Crippen LogP contribution >= 0.6 is 11.3 Å². The minimum atomic E-state index is -0.989. The Kier molecular flexibility index (Phi) is 9.21. The molecule has 1 atom stereocenters. The van der Waals surface area contributed by atoms with E-state index in [1.54, 1.807) is 55.5 Å². The Morgan fingerprint density at radius 3 is 2.20 bits per heavy atom. The third-order valence-electron chi connectivity index (χ3n) is 6.37. The molecule has 1 unspecified atom stereocenters. The first kappa shape index (κ1) is 28.8. The minimum absolute atomic E-state index is 0.0839. The van der Waals surface area contributed by atoms with Crippen molar-refractivity contribution in [1.29, 1.82) is 0 Å². The van der Waals surface area contributed by atoms with Gasteiger partial charge < -0.3 is 19.3 Å². The number of ketones is 1. The first-order valence-electron chi connectivity index (χ1n) is 13.1. The van der Waals surface area contributed by atoms with E-state index in [0.29, 0.717) is 41.5 Å². The lowest BCUT2D eigenvalue weighted by Gasteiger charge is -2.23. The molecule has 10 heteroatoms. The molecule has 0 bridgehead atoms. The van der Waals surface area contributed by atoms with Crippen molar-refractivity contribution in [2.75, 3.05) is 25.2 Å². The number of benzene rings is 2. The maximum Gasteiger partial charge on any atom is 0.350 e. The number of carbonyl (C=O) groups excluding carboxylic acids is 3. The van der Waals surface area contributed by atoms with Crippen molar-refractivity contribution in [2.24, 2.45) is 0 Å². The van der Waals surface area contributed by atoms with Crippen molar-refractivity contribution >= 4 is 39.9 Å². The van der Waals surface area contributed by atoms with Crippen LogP contribution in [0, 0.1) is 6.92 Å². The Hall–Kier alpha value is -4.18. The summed E-state index contributed by atoms with van der Waals surface area (Å²) in [6.07, 6.45) is 2.77. The highest BCUT2D eigenvalue weighted by atomic mass is 32.1. The van der Waals surface area contributed by atoms with Gasteiger partial charge in [-0.25, -0.2) is 9.78 Å². The van der Waals surface area contributed by atoms with Crippen LogP contribution in [0.5, 0.6) is 11.5 Å². The molecule has 40 heavy (non-hydrogen) atoms. The summed E-state index contributed by atoms with van der Waals surface area (Å²) in [5.74, 6) is -1.35. The molecule has 210 valence electrons. The number of Topliss-reactive ketones (excluding diaryl/α,β-unsaturated/α-hetero) is 1. The van der Waals surface area contributed by atoms with Gasteiger partial charge in [-0.05, 0) is 61.7 Å². The molecule has 0 radical (unpaired) electrons. The number of methoxy groups -OCH3 is 1. The van der Waals surface area contributed by atoms with Gasteiger partial charge in [-0.3, -0.25) is 14.5 Å². The van der Waals surface area contributed by atoms with Gasteiger partial charge in [0, 0.05) is 5.56 Å². The van der Waals surface area contributed by atoms with Gasteiger partial charge in [0.25, 0.3) is 5.78 Å². The average Bonchev–Trinajstić information content (AvgIpc) is 3.48. The summed E-state index contributed by atoms with van der Waals surface area (Å²) in [4.78, 5) is 45.0. The molecule has 2 aromatic carbocycles. The Balaban J connectivity index is 1.80. The maximum atomic E-state index is 13.4. The van der Waals surface area contributed by atoms with Crippen molar-refractivity contribution in [3.63, 3.8) is 0 Å². The molecule has 1 aliphatic heterocycles. The van der Waals surface area contributed by atoms with Crippen molar-refractivity contribution in [3.8, 4) is 11.5 Å². The van der Waals surface area contributed by atoms with Crippen LogP contribution in [0.3, 0.4) is 0 Å². The van der Waals surface area contributed by atoms with E-state index >= 15 is 0 Å². The highest BCUT2D eigenvalue weighted by Gasteiger charge is 2.48. The minimum Gasteiger partial charge on any atom is -0.507 e. The molecule has 3 aromatic rings. The molecule has 0 spiro atoms. The predicted octanol–water partition coefficient (Wildman–Crippen LogP) is 5.83.